The average Bonchev–Trinajstić information content (AvgIpc) is 2.74. The Morgan fingerprint density at radius 2 is 1.89 bits per heavy atom. The fourth-order valence-electron chi connectivity index (χ4n) is 4.24. The molecule has 0 bridgehead atoms. The number of benzene rings is 1. The normalized spacial score (nSPS) is 21.4. The van der Waals surface area contributed by atoms with E-state index in [2.05, 4.69) is 44.4 Å². The van der Waals surface area contributed by atoms with Crippen LogP contribution >= 0.6 is 0 Å². The van der Waals surface area contributed by atoms with Gasteiger partial charge in [-0.3, -0.25) is 9.69 Å². The molecule has 1 aromatic heterocycles. The van der Waals surface area contributed by atoms with Crippen molar-refractivity contribution >= 4 is 11.7 Å². The number of piperazine rings is 1. The lowest BCUT2D eigenvalue weighted by atomic mass is 9.87. The van der Waals surface area contributed by atoms with Crippen LogP contribution < -0.4 is 10.2 Å². The predicted octanol–water partition coefficient (Wildman–Crippen LogP) is 2.79. The molecule has 0 saturated carbocycles. The highest BCUT2D eigenvalue weighted by atomic mass is 16.2. The molecule has 1 fully saturated rings. The van der Waals surface area contributed by atoms with Crippen molar-refractivity contribution in [3.05, 3.63) is 59.8 Å². The van der Waals surface area contributed by atoms with Crippen LogP contribution in [0.3, 0.4) is 0 Å². The van der Waals surface area contributed by atoms with Crippen LogP contribution in [0.4, 0.5) is 5.82 Å². The average molecular weight is 364 g/mol. The Labute approximate surface area is 161 Å². The highest BCUT2D eigenvalue weighted by Crippen LogP contribution is 2.29. The van der Waals surface area contributed by atoms with Gasteiger partial charge in [0.15, 0.2) is 0 Å². The van der Waals surface area contributed by atoms with Crippen LogP contribution in [0.1, 0.15) is 36.9 Å². The summed E-state index contributed by atoms with van der Waals surface area (Å²) in [4.78, 5) is 21.9. The molecule has 1 saturated heterocycles. The van der Waals surface area contributed by atoms with Gasteiger partial charge in [-0.25, -0.2) is 4.98 Å². The van der Waals surface area contributed by atoms with Crippen molar-refractivity contribution < 1.29 is 4.79 Å². The maximum atomic E-state index is 12.9. The monoisotopic (exact) mass is 364 g/mol. The molecule has 27 heavy (non-hydrogen) atoms. The number of nitrogens with zero attached hydrogens (tertiary/aromatic N) is 3. The second kappa shape index (κ2) is 8.09. The lowest BCUT2D eigenvalue weighted by Crippen LogP contribution is -2.54. The topological polar surface area (TPSA) is 48.5 Å². The number of carbonyl (C=O) groups excluding carboxylic acids is 1. The van der Waals surface area contributed by atoms with E-state index in [1.165, 1.54) is 11.1 Å². The van der Waals surface area contributed by atoms with Crippen molar-refractivity contribution in [2.24, 2.45) is 0 Å². The number of aryl methyl sites for hydroxylation is 1. The number of rotatable bonds is 4. The van der Waals surface area contributed by atoms with Gasteiger partial charge in [0.25, 0.3) is 0 Å². The van der Waals surface area contributed by atoms with E-state index in [4.69, 9.17) is 0 Å². The van der Waals surface area contributed by atoms with E-state index in [1.807, 2.05) is 31.3 Å². The van der Waals surface area contributed by atoms with Gasteiger partial charge in [0.05, 0.1) is 12.1 Å². The van der Waals surface area contributed by atoms with Crippen LogP contribution in [0.5, 0.6) is 0 Å². The fourth-order valence-corrected chi connectivity index (χ4v) is 4.24. The summed E-state index contributed by atoms with van der Waals surface area (Å²) in [6.45, 7) is 5.60. The largest absolute Gasteiger partial charge is 0.354 e. The van der Waals surface area contributed by atoms with Crippen LogP contribution in [0.15, 0.2) is 48.7 Å². The molecule has 5 nitrogen and oxygen atoms in total. The number of hydrogen-bond donors (Lipinski definition) is 1. The Hall–Kier alpha value is -2.40. The maximum absolute atomic E-state index is 12.9. The Balaban J connectivity index is 1.34. The zero-order chi connectivity index (χ0) is 18.6. The van der Waals surface area contributed by atoms with E-state index in [0.717, 1.165) is 51.3 Å². The SMILES string of the molecule is C[C@H](C(=O)N[C@@H]1CCCc2ccccc21)N1CCN(c2ccccn2)CC1. The van der Waals surface area contributed by atoms with Gasteiger partial charge in [-0.2, -0.15) is 0 Å². The van der Waals surface area contributed by atoms with E-state index in [9.17, 15) is 4.79 Å². The van der Waals surface area contributed by atoms with Gasteiger partial charge in [-0.05, 0) is 49.4 Å². The molecule has 0 spiro atoms. The molecule has 4 rings (SSSR count). The van der Waals surface area contributed by atoms with E-state index >= 15 is 0 Å². The summed E-state index contributed by atoms with van der Waals surface area (Å²) in [5, 5.41) is 3.31. The Bertz CT molecular complexity index is 771. The summed E-state index contributed by atoms with van der Waals surface area (Å²) >= 11 is 0. The van der Waals surface area contributed by atoms with Gasteiger partial charge in [-0.15, -0.1) is 0 Å². The number of carbonyl (C=O) groups is 1. The fraction of sp³-hybridized carbons (Fsp3) is 0.455. The van der Waals surface area contributed by atoms with E-state index < -0.39 is 0 Å². The molecule has 0 unspecified atom stereocenters. The molecule has 2 aromatic rings. The van der Waals surface area contributed by atoms with Gasteiger partial charge in [-0.1, -0.05) is 30.3 Å². The zero-order valence-corrected chi connectivity index (χ0v) is 16.0. The first-order chi connectivity index (χ1) is 13.2. The van der Waals surface area contributed by atoms with Gasteiger partial charge < -0.3 is 10.2 Å². The van der Waals surface area contributed by atoms with E-state index in [0.29, 0.717) is 0 Å². The summed E-state index contributed by atoms with van der Waals surface area (Å²) in [6, 6.07) is 14.6. The second-order valence-corrected chi connectivity index (χ2v) is 7.54. The van der Waals surface area contributed by atoms with Crippen molar-refractivity contribution in [2.75, 3.05) is 31.1 Å². The first kappa shape index (κ1) is 18.0. The molecule has 0 radical (unpaired) electrons. The lowest BCUT2D eigenvalue weighted by molar-refractivity contribution is -0.126. The molecule has 2 atom stereocenters. The quantitative estimate of drug-likeness (QED) is 0.906. The number of fused-ring (bicyclic) bond motifs is 1. The lowest BCUT2D eigenvalue weighted by Gasteiger charge is -2.38. The molecule has 1 aromatic carbocycles. The standard InChI is InChI=1S/C22H28N4O/c1-17(25-13-15-26(16-14-25)21-11-4-5-12-23-21)22(27)24-20-10-6-8-18-7-2-3-9-19(18)20/h2-5,7,9,11-12,17,20H,6,8,10,13-16H2,1H3,(H,24,27)/t17-,20-/m1/s1. The zero-order valence-electron chi connectivity index (χ0n) is 16.0. The van der Waals surface area contributed by atoms with Crippen molar-refractivity contribution in [1.29, 1.82) is 0 Å². The first-order valence-corrected chi connectivity index (χ1v) is 10.0. The number of pyridine rings is 1. The number of hydrogen-bond acceptors (Lipinski definition) is 4. The molecule has 2 aliphatic rings. The molecule has 5 heteroatoms. The van der Waals surface area contributed by atoms with E-state index in [1.54, 1.807) is 0 Å². The molecule has 142 valence electrons. The highest BCUT2D eigenvalue weighted by molar-refractivity contribution is 5.82. The minimum atomic E-state index is -0.107. The van der Waals surface area contributed by atoms with Gasteiger partial charge in [0.2, 0.25) is 5.91 Å². The van der Waals surface area contributed by atoms with Crippen LogP contribution in [-0.4, -0.2) is 48.0 Å². The van der Waals surface area contributed by atoms with Gasteiger partial charge in [0, 0.05) is 32.4 Å². The van der Waals surface area contributed by atoms with Crippen molar-refractivity contribution in [1.82, 2.24) is 15.2 Å². The Morgan fingerprint density at radius 3 is 2.67 bits per heavy atom. The molecule has 1 amide bonds. The molecular weight excluding hydrogens is 336 g/mol. The van der Waals surface area contributed by atoms with Crippen molar-refractivity contribution in [3.63, 3.8) is 0 Å². The number of amides is 1. The Kier molecular flexibility index (Phi) is 5.39. The first-order valence-electron chi connectivity index (χ1n) is 10.0. The third-order valence-corrected chi connectivity index (χ3v) is 5.90. The van der Waals surface area contributed by atoms with E-state index in [-0.39, 0.29) is 18.0 Å². The molecule has 1 aliphatic heterocycles. The molecule has 1 N–H and O–H groups in total. The van der Waals surface area contributed by atoms with Crippen molar-refractivity contribution in [2.45, 2.75) is 38.3 Å². The van der Waals surface area contributed by atoms with Crippen LogP contribution in [0.2, 0.25) is 0 Å². The van der Waals surface area contributed by atoms with Gasteiger partial charge >= 0.3 is 0 Å². The second-order valence-electron chi connectivity index (χ2n) is 7.54. The summed E-state index contributed by atoms with van der Waals surface area (Å²) < 4.78 is 0. The summed E-state index contributed by atoms with van der Waals surface area (Å²) in [7, 11) is 0. The predicted molar refractivity (Wildman–Crippen MR) is 108 cm³/mol. The third-order valence-electron chi connectivity index (χ3n) is 5.90. The van der Waals surface area contributed by atoms with Crippen LogP contribution in [0, 0.1) is 0 Å². The molecular formula is C22H28N4O. The minimum absolute atomic E-state index is 0.107. The third kappa shape index (κ3) is 3.98. The highest BCUT2D eigenvalue weighted by Gasteiger charge is 2.28. The molecule has 1 aliphatic carbocycles. The summed E-state index contributed by atoms with van der Waals surface area (Å²) in [5.74, 6) is 1.16. The van der Waals surface area contributed by atoms with Crippen molar-refractivity contribution in [3.8, 4) is 0 Å². The Morgan fingerprint density at radius 1 is 1.11 bits per heavy atom. The summed E-state index contributed by atoms with van der Waals surface area (Å²) in [5.41, 5.74) is 2.68. The number of nitrogens with one attached hydrogen (secondary N) is 1. The number of aromatic nitrogens is 1. The maximum Gasteiger partial charge on any atom is 0.237 e. The number of anilines is 1. The van der Waals surface area contributed by atoms with Crippen LogP contribution in [-0.2, 0) is 11.2 Å². The molecule has 2 heterocycles. The summed E-state index contributed by atoms with van der Waals surface area (Å²) in [6.07, 6.45) is 5.12. The minimum Gasteiger partial charge on any atom is -0.354 e. The van der Waals surface area contributed by atoms with Crippen LogP contribution in [0.25, 0.3) is 0 Å². The van der Waals surface area contributed by atoms with Gasteiger partial charge in [0.1, 0.15) is 5.82 Å². The smallest absolute Gasteiger partial charge is 0.237 e.